The first-order chi connectivity index (χ1) is 17.9. The van der Waals surface area contributed by atoms with Crippen molar-refractivity contribution in [1.82, 2.24) is 9.55 Å². The van der Waals surface area contributed by atoms with Crippen LogP contribution < -0.4 is 0 Å². The van der Waals surface area contributed by atoms with Crippen LogP contribution in [0.2, 0.25) is 0 Å². The summed E-state index contributed by atoms with van der Waals surface area (Å²) in [4.78, 5) is 7.72. The molecular weight excluding hydrogens is 456 g/mol. The Labute approximate surface area is 213 Å². The van der Waals surface area contributed by atoms with Crippen LogP contribution >= 0.6 is 11.3 Å². The van der Waals surface area contributed by atoms with Gasteiger partial charge in [-0.1, -0.05) is 115 Å². The number of hydrogen-bond acceptors (Lipinski definition) is 2. The molecule has 0 atom stereocenters. The Balaban J connectivity index is 1.60. The second kappa shape index (κ2) is 8.63. The fourth-order valence-corrected chi connectivity index (χ4v) is 6.33. The summed E-state index contributed by atoms with van der Waals surface area (Å²) in [6.45, 7) is 0. The second-order valence-electron chi connectivity index (χ2n) is 8.82. The molecule has 170 valence electrons. The van der Waals surface area contributed by atoms with Crippen molar-refractivity contribution in [2.75, 3.05) is 0 Å². The van der Waals surface area contributed by atoms with Gasteiger partial charge in [0.25, 0.3) is 0 Å². The molecule has 0 radical (unpaired) electrons. The standard InChI is InChI=1S/C33H22N2S/c1-4-13-23(14-5-1)27-20-12-22-29(34-27)35-28-21-11-10-19-26(28)30-31(35)33(25-17-8-3-9-18-25)36-32(30)24-15-6-2-7-16-24/h1-22H. The molecule has 0 spiro atoms. The summed E-state index contributed by atoms with van der Waals surface area (Å²) in [5.74, 6) is 0.928. The van der Waals surface area contributed by atoms with E-state index in [1.54, 1.807) is 0 Å². The highest BCUT2D eigenvalue weighted by Gasteiger charge is 2.23. The van der Waals surface area contributed by atoms with Crippen molar-refractivity contribution in [3.05, 3.63) is 133 Å². The van der Waals surface area contributed by atoms with Crippen molar-refractivity contribution >= 4 is 33.1 Å². The molecule has 3 aromatic heterocycles. The Morgan fingerprint density at radius 2 is 1.08 bits per heavy atom. The molecule has 0 N–H and O–H groups in total. The van der Waals surface area contributed by atoms with Gasteiger partial charge in [0.2, 0.25) is 0 Å². The lowest BCUT2D eigenvalue weighted by Crippen LogP contribution is -1.98. The van der Waals surface area contributed by atoms with Crippen LogP contribution in [0.5, 0.6) is 0 Å². The third-order valence-corrected chi connectivity index (χ3v) is 7.90. The summed E-state index contributed by atoms with van der Waals surface area (Å²) in [7, 11) is 0. The van der Waals surface area contributed by atoms with E-state index in [1.807, 2.05) is 17.4 Å². The molecule has 7 rings (SSSR count). The van der Waals surface area contributed by atoms with E-state index in [1.165, 1.54) is 42.7 Å². The van der Waals surface area contributed by atoms with Gasteiger partial charge in [0.15, 0.2) is 0 Å². The van der Waals surface area contributed by atoms with E-state index in [0.29, 0.717) is 0 Å². The van der Waals surface area contributed by atoms with Crippen molar-refractivity contribution < 1.29 is 0 Å². The van der Waals surface area contributed by atoms with E-state index < -0.39 is 0 Å². The molecule has 0 saturated carbocycles. The third-order valence-electron chi connectivity index (χ3n) is 6.63. The smallest absolute Gasteiger partial charge is 0.138 e. The van der Waals surface area contributed by atoms with Crippen LogP contribution in [-0.4, -0.2) is 9.55 Å². The van der Waals surface area contributed by atoms with Crippen LogP contribution in [0.1, 0.15) is 0 Å². The Morgan fingerprint density at radius 1 is 0.500 bits per heavy atom. The van der Waals surface area contributed by atoms with Gasteiger partial charge in [-0.25, -0.2) is 4.98 Å². The van der Waals surface area contributed by atoms with Crippen LogP contribution in [0.25, 0.3) is 59.8 Å². The first kappa shape index (κ1) is 20.9. The van der Waals surface area contributed by atoms with E-state index in [0.717, 1.165) is 17.1 Å². The summed E-state index contributed by atoms with van der Waals surface area (Å²) in [6.07, 6.45) is 0. The summed E-state index contributed by atoms with van der Waals surface area (Å²) in [6, 6.07) is 46.9. The van der Waals surface area contributed by atoms with Crippen molar-refractivity contribution in [3.8, 4) is 38.0 Å². The average molecular weight is 479 g/mol. The van der Waals surface area contributed by atoms with Gasteiger partial charge in [0.05, 0.1) is 21.6 Å². The fourth-order valence-electron chi connectivity index (χ4n) is 5.02. The molecule has 0 unspecified atom stereocenters. The normalized spacial score (nSPS) is 11.3. The number of aromatic nitrogens is 2. The van der Waals surface area contributed by atoms with E-state index in [9.17, 15) is 0 Å². The van der Waals surface area contributed by atoms with Gasteiger partial charge in [0, 0.05) is 21.2 Å². The lowest BCUT2D eigenvalue weighted by Gasteiger charge is -2.10. The number of rotatable bonds is 4. The minimum absolute atomic E-state index is 0.928. The number of fused-ring (bicyclic) bond motifs is 3. The zero-order valence-corrected chi connectivity index (χ0v) is 20.3. The highest BCUT2D eigenvalue weighted by atomic mass is 32.1. The first-order valence-electron chi connectivity index (χ1n) is 12.1. The van der Waals surface area contributed by atoms with Gasteiger partial charge < -0.3 is 0 Å². The second-order valence-corrected chi connectivity index (χ2v) is 9.84. The van der Waals surface area contributed by atoms with E-state index in [-0.39, 0.29) is 0 Å². The highest BCUT2D eigenvalue weighted by Crippen LogP contribution is 2.49. The molecule has 0 aliphatic carbocycles. The minimum Gasteiger partial charge on any atom is -0.292 e. The topological polar surface area (TPSA) is 17.8 Å². The molecule has 0 fully saturated rings. The summed E-state index contributed by atoms with van der Waals surface area (Å²) in [5, 5.41) is 2.53. The van der Waals surface area contributed by atoms with Gasteiger partial charge in [-0.2, -0.15) is 0 Å². The molecule has 3 heteroatoms. The maximum absolute atomic E-state index is 5.17. The fraction of sp³-hybridized carbons (Fsp3) is 0. The molecule has 0 bridgehead atoms. The summed E-state index contributed by atoms with van der Waals surface area (Å²) >= 11 is 1.86. The van der Waals surface area contributed by atoms with Crippen LogP contribution in [-0.2, 0) is 0 Å². The van der Waals surface area contributed by atoms with Crippen LogP contribution in [0.3, 0.4) is 0 Å². The molecule has 36 heavy (non-hydrogen) atoms. The van der Waals surface area contributed by atoms with Crippen molar-refractivity contribution in [2.45, 2.75) is 0 Å². The predicted octanol–water partition coefficient (Wildman–Crippen LogP) is 9.24. The van der Waals surface area contributed by atoms with Gasteiger partial charge in [-0.3, -0.25) is 4.57 Å². The van der Waals surface area contributed by atoms with Crippen LogP contribution in [0.15, 0.2) is 133 Å². The first-order valence-corrected chi connectivity index (χ1v) is 12.9. The molecule has 2 nitrogen and oxygen atoms in total. The monoisotopic (exact) mass is 478 g/mol. The zero-order chi connectivity index (χ0) is 23.9. The Kier molecular flexibility index (Phi) is 5.00. The largest absolute Gasteiger partial charge is 0.292 e. The molecule has 3 heterocycles. The molecule has 0 amide bonds. The lowest BCUT2D eigenvalue weighted by atomic mass is 10.1. The molecule has 0 saturated heterocycles. The number of para-hydroxylation sites is 1. The van der Waals surface area contributed by atoms with E-state index in [2.05, 4.69) is 132 Å². The molecule has 4 aromatic carbocycles. The van der Waals surface area contributed by atoms with Crippen LogP contribution in [0, 0.1) is 0 Å². The predicted molar refractivity (Wildman–Crippen MR) is 153 cm³/mol. The number of hydrogen-bond donors (Lipinski definition) is 0. The molecule has 0 aliphatic heterocycles. The Hall–Kier alpha value is -4.47. The average Bonchev–Trinajstić information content (AvgIpc) is 3.51. The minimum atomic E-state index is 0.928. The summed E-state index contributed by atoms with van der Waals surface area (Å²) < 4.78 is 2.35. The van der Waals surface area contributed by atoms with E-state index in [4.69, 9.17) is 4.98 Å². The zero-order valence-electron chi connectivity index (χ0n) is 19.5. The van der Waals surface area contributed by atoms with E-state index >= 15 is 0 Å². The van der Waals surface area contributed by atoms with Crippen molar-refractivity contribution in [1.29, 1.82) is 0 Å². The van der Waals surface area contributed by atoms with Gasteiger partial charge in [-0.05, 0) is 29.3 Å². The maximum atomic E-state index is 5.17. The van der Waals surface area contributed by atoms with Crippen molar-refractivity contribution in [2.24, 2.45) is 0 Å². The van der Waals surface area contributed by atoms with Gasteiger partial charge in [-0.15, -0.1) is 11.3 Å². The molecule has 0 aliphatic rings. The van der Waals surface area contributed by atoms with Crippen molar-refractivity contribution in [3.63, 3.8) is 0 Å². The Morgan fingerprint density at radius 3 is 1.78 bits per heavy atom. The lowest BCUT2D eigenvalue weighted by molar-refractivity contribution is 1.09. The molecule has 7 aromatic rings. The quantitative estimate of drug-likeness (QED) is 0.246. The van der Waals surface area contributed by atoms with Gasteiger partial charge in [0.1, 0.15) is 5.82 Å². The third kappa shape index (κ3) is 3.36. The SMILES string of the molecule is c1ccc(-c2cccc(-n3c4ccccc4c4c(-c5ccccc5)sc(-c5ccccc5)c43)n2)cc1. The number of pyridine rings is 1. The highest BCUT2D eigenvalue weighted by molar-refractivity contribution is 7.21. The summed E-state index contributed by atoms with van der Waals surface area (Å²) in [5.41, 5.74) is 6.93. The Bertz CT molecular complexity index is 1810. The molecular formula is C33H22N2S. The number of nitrogens with zero attached hydrogens (tertiary/aromatic N) is 2. The van der Waals surface area contributed by atoms with Gasteiger partial charge >= 0.3 is 0 Å². The van der Waals surface area contributed by atoms with Crippen LogP contribution in [0.4, 0.5) is 0 Å². The maximum Gasteiger partial charge on any atom is 0.138 e. The number of thiophene rings is 1. The number of benzene rings is 4.